The molecule has 0 unspecified atom stereocenters. The molecule has 0 aliphatic heterocycles. The summed E-state index contributed by atoms with van der Waals surface area (Å²) in [5.74, 6) is 0.476. The number of nitrogens with zero attached hydrogens (tertiary/aromatic N) is 4. The van der Waals surface area contributed by atoms with Crippen molar-refractivity contribution in [2.45, 2.75) is 39.7 Å². The van der Waals surface area contributed by atoms with E-state index in [0.717, 1.165) is 11.5 Å². The number of amides is 2. The fourth-order valence-electron chi connectivity index (χ4n) is 2.89. The molecule has 0 aliphatic carbocycles. The molecule has 0 aliphatic rings. The molecule has 3 N–H and O–H groups in total. The fraction of sp³-hybridized carbons (Fsp3) is 0.333. The quantitative estimate of drug-likeness (QED) is 0.356. The highest BCUT2D eigenvalue weighted by molar-refractivity contribution is 7.10. The number of rotatable bonds is 9. The molecule has 0 radical (unpaired) electrons. The summed E-state index contributed by atoms with van der Waals surface area (Å²) in [5, 5.41) is 18.1. The maximum Gasteiger partial charge on any atom is 0.407 e. The van der Waals surface area contributed by atoms with E-state index in [0.29, 0.717) is 58.8 Å². The molecule has 3 aromatic rings. The Morgan fingerprint density at radius 1 is 1.19 bits per heavy atom. The van der Waals surface area contributed by atoms with Crippen LogP contribution in [0.15, 0.2) is 36.7 Å². The normalized spacial score (nSPS) is 10.8. The lowest BCUT2D eigenvalue weighted by molar-refractivity contribution is 0.0525. The third-order valence-electron chi connectivity index (χ3n) is 4.45. The first-order chi connectivity index (χ1) is 17.1. The van der Waals surface area contributed by atoms with Gasteiger partial charge in [-0.1, -0.05) is 0 Å². The second-order valence-corrected chi connectivity index (χ2v) is 9.38. The lowest BCUT2D eigenvalue weighted by Gasteiger charge is -2.19. The summed E-state index contributed by atoms with van der Waals surface area (Å²) in [7, 11) is 0. The SMILES string of the molecule is Cc1nsc(Nc2cc(C#N)ccn2)c1C(=O)Nc1ccc(OCCCNC(=O)OC(C)(C)C)nc1. The van der Waals surface area contributed by atoms with Crippen molar-refractivity contribution in [3.8, 4) is 11.9 Å². The van der Waals surface area contributed by atoms with Crippen molar-refractivity contribution in [2.24, 2.45) is 0 Å². The number of aromatic nitrogens is 3. The number of nitriles is 1. The van der Waals surface area contributed by atoms with Crippen LogP contribution in [0.4, 0.5) is 21.3 Å². The van der Waals surface area contributed by atoms with Crippen molar-refractivity contribution in [3.63, 3.8) is 0 Å². The summed E-state index contributed by atoms with van der Waals surface area (Å²) < 4.78 is 15.0. The largest absolute Gasteiger partial charge is 0.478 e. The third-order valence-corrected chi connectivity index (χ3v) is 5.31. The molecule has 0 saturated carbocycles. The summed E-state index contributed by atoms with van der Waals surface area (Å²) in [6.45, 7) is 7.90. The van der Waals surface area contributed by atoms with E-state index in [-0.39, 0.29) is 5.91 Å². The highest BCUT2D eigenvalue weighted by Gasteiger charge is 2.20. The summed E-state index contributed by atoms with van der Waals surface area (Å²) in [5.41, 5.74) is 1.33. The number of hydrogen-bond donors (Lipinski definition) is 3. The van der Waals surface area contributed by atoms with E-state index in [1.807, 2.05) is 0 Å². The molecule has 188 valence electrons. The van der Waals surface area contributed by atoms with Crippen LogP contribution in [0.1, 0.15) is 48.8 Å². The van der Waals surface area contributed by atoms with Crippen molar-refractivity contribution < 1.29 is 19.1 Å². The van der Waals surface area contributed by atoms with Gasteiger partial charge in [-0.25, -0.2) is 14.8 Å². The number of nitrogens with one attached hydrogen (secondary N) is 3. The molecule has 0 bridgehead atoms. The van der Waals surface area contributed by atoms with Gasteiger partial charge in [0.25, 0.3) is 5.91 Å². The molecule has 0 aromatic carbocycles. The maximum absolute atomic E-state index is 12.9. The Morgan fingerprint density at radius 3 is 2.69 bits per heavy atom. The van der Waals surface area contributed by atoms with Crippen molar-refractivity contribution >= 4 is 40.0 Å². The van der Waals surface area contributed by atoms with Gasteiger partial charge in [-0.05, 0) is 63.8 Å². The topological polar surface area (TPSA) is 151 Å². The van der Waals surface area contributed by atoms with Crippen LogP contribution >= 0.6 is 11.5 Å². The average molecular weight is 510 g/mol. The van der Waals surface area contributed by atoms with E-state index in [4.69, 9.17) is 14.7 Å². The minimum atomic E-state index is -0.542. The van der Waals surface area contributed by atoms with Gasteiger partial charge >= 0.3 is 6.09 Å². The fourth-order valence-corrected chi connectivity index (χ4v) is 3.70. The zero-order valence-corrected chi connectivity index (χ0v) is 21.2. The van der Waals surface area contributed by atoms with Crippen LogP contribution in [-0.2, 0) is 4.74 Å². The Kier molecular flexibility index (Phi) is 8.75. The van der Waals surface area contributed by atoms with Gasteiger partial charge in [0.05, 0.1) is 41.4 Å². The Morgan fingerprint density at radius 2 is 2.00 bits per heavy atom. The van der Waals surface area contributed by atoms with Crippen LogP contribution in [0.2, 0.25) is 0 Å². The van der Waals surface area contributed by atoms with Crippen LogP contribution in [0.25, 0.3) is 0 Å². The number of carbonyl (C=O) groups is 2. The molecule has 2 amide bonds. The molecular weight excluding hydrogens is 482 g/mol. The smallest absolute Gasteiger partial charge is 0.407 e. The van der Waals surface area contributed by atoms with E-state index < -0.39 is 11.7 Å². The lowest BCUT2D eigenvalue weighted by Crippen LogP contribution is -2.33. The van der Waals surface area contributed by atoms with E-state index in [1.54, 1.807) is 52.0 Å². The van der Waals surface area contributed by atoms with Crippen LogP contribution in [0.5, 0.6) is 5.88 Å². The molecule has 0 fully saturated rings. The number of anilines is 3. The predicted octanol–water partition coefficient (Wildman–Crippen LogP) is 4.40. The van der Waals surface area contributed by atoms with Gasteiger partial charge in [0, 0.05) is 18.8 Å². The summed E-state index contributed by atoms with van der Waals surface area (Å²) >= 11 is 1.13. The van der Waals surface area contributed by atoms with E-state index in [9.17, 15) is 9.59 Å². The molecule has 11 nitrogen and oxygen atoms in total. The predicted molar refractivity (Wildman–Crippen MR) is 136 cm³/mol. The van der Waals surface area contributed by atoms with Crippen LogP contribution < -0.4 is 20.7 Å². The summed E-state index contributed by atoms with van der Waals surface area (Å²) in [4.78, 5) is 32.9. The molecule has 0 spiro atoms. The molecular formula is C24H27N7O4S. The van der Waals surface area contributed by atoms with Crippen molar-refractivity contribution in [2.75, 3.05) is 23.8 Å². The Bertz CT molecular complexity index is 1250. The minimum absolute atomic E-state index is 0.352. The highest BCUT2D eigenvalue weighted by atomic mass is 32.1. The van der Waals surface area contributed by atoms with E-state index >= 15 is 0 Å². The van der Waals surface area contributed by atoms with Gasteiger partial charge in [0.15, 0.2) is 0 Å². The zero-order valence-electron chi connectivity index (χ0n) is 20.4. The first kappa shape index (κ1) is 26.4. The van der Waals surface area contributed by atoms with Gasteiger partial charge < -0.3 is 25.4 Å². The van der Waals surface area contributed by atoms with Gasteiger partial charge in [0.1, 0.15) is 16.4 Å². The van der Waals surface area contributed by atoms with Crippen LogP contribution in [0, 0.1) is 18.3 Å². The molecule has 3 rings (SSSR count). The zero-order chi connectivity index (χ0) is 26.1. The van der Waals surface area contributed by atoms with Crippen molar-refractivity contribution in [1.82, 2.24) is 19.7 Å². The van der Waals surface area contributed by atoms with Gasteiger partial charge in [-0.3, -0.25) is 4.79 Å². The number of hydrogen-bond acceptors (Lipinski definition) is 10. The standard InChI is InChI=1S/C24H27N7O4S/c1-15-20(22(36-31-15)30-18-12-16(13-25)8-10-26-18)21(32)29-17-6-7-19(28-14-17)34-11-5-9-27-23(33)35-24(2,3)4/h6-8,10,12,14H,5,9,11H2,1-4H3,(H,26,30)(H,27,33)(H,29,32). The van der Waals surface area contributed by atoms with Gasteiger partial charge in [-0.2, -0.15) is 9.64 Å². The van der Waals surface area contributed by atoms with Gasteiger partial charge in [-0.15, -0.1) is 0 Å². The average Bonchev–Trinajstić information content (AvgIpc) is 3.18. The number of alkyl carbamates (subject to hydrolysis) is 1. The van der Waals surface area contributed by atoms with Crippen molar-refractivity contribution in [3.05, 3.63) is 53.5 Å². The van der Waals surface area contributed by atoms with Crippen LogP contribution in [0.3, 0.4) is 0 Å². The summed E-state index contributed by atoms with van der Waals surface area (Å²) in [6.07, 6.45) is 3.11. The monoisotopic (exact) mass is 509 g/mol. The minimum Gasteiger partial charge on any atom is -0.478 e. The lowest BCUT2D eigenvalue weighted by atomic mass is 10.2. The Labute approximate surface area is 213 Å². The third kappa shape index (κ3) is 7.92. The Hall–Kier alpha value is -4.24. The first-order valence-electron chi connectivity index (χ1n) is 11.1. The van der Waals surface area contributed by atoms with Gasteiger partial charge in [0.2, 0.25) is 5.88 Å². The number of ether oxygens (including phenoxy) is 2. The first-order valence-corrected chi connectivity index (χ1v) is 11.9. The molecule has 12 heteroatoms. The number of carbonyl (C=O) groups excluding carboxylic acids is 2. The maximum atomic E-state index is 12.9. The molecule has 3 aromatic heterocycles. The highest BCUT2D eigenvalue weighted by Crippen LogP contribution is 2.28. The number of pyridine rings is 2. The Balaban J connectivity index is 1.51. The molecule has 36 heavy (non-hydrogen) atoms. The molecule has 0 atom stereocenters. The van der Waals surface area contributed by atoms with E-state index in [1.165, 1.54) is 12.4 Å². The number of aryl methyl sites for hydroxylation is 1. The second-order valence-electron chi connectivity index (χ2n) is 8.61. The van der Waals surface area contributed by atoms with Crippen LogP contribution in [-0.4, -0.2) is 45.1 Å². The van der Waals surface area contributed by atoms with Crippen molar-refractivity contribution in [1.29, 1.82) is 5.26 Å². The summed E-state index contributed by atoms with van der Waals surface area (Å²) in [6, 6.07) is 8.56. The molecule has 3 heterocycles. The molecule has 0 saturated heterocycles. The second kappa shape index (κ2) is 11.9. The van der Waals surface area contributed by atoms with E-state index in [2.05, 4.69) is 36.4 Å².